The van der Waals surface area contributed by atoms with E-state index in [1.807, 2.05) is 0 Å². The minimum atomic E-state index is -1.24. The van der Waals surface area contributed by atoms with Crippen molar-refractivity contribution in [2.24, 2.45) is 0 Å². The molecule has 0 amide bonds. The molecule has 1 atom stereocenters. The quantitative estimate of drug-likeness (QED) is 0.506. The monoisotopic (exact) mass is 269 g/mol. The van der Waals surface area contributed by atoms with Gasteiger partial charge in [-0.15, -0.1) is 0 Å². The van der Waals surface area contributed by atoms with Gasteiger partial charge in [-0.1, -0.05) is 15.9 Å². The first-order chi connectivity index (χ1) is 7.04. The fourth-order valence-corrected chi connectivity index (χ4v) is 1.49. The fraction of sp³-hybridized carbons (Fsp3) is 0.200. The van der Waals surface area contributed by atoms with Crippen LogP contribution in [-0.2, 0) is 4.79 Å². The lowest BCUT2D eigenvalue weighted by Gasteiger charge is -2.07. The molecule has 0 saturated heterocycles. The number of rotatable bonds is 2. The number of nitrogens with zero attached hydrogens (tertiary/aromatic N) is 1. The Kier molecular flexibility index (Phi) is 3.83. The molecule has 1 aromatic rings. The molecular formula is C10H8BrNO3. The number of nitriles is 1. The second-order valence-corrected chi connectivity index (χ2v) is 3.66. The van der Waals surface area contributed by atoms with E-state index in [9.17, 15) is 9.90 Å². The average Bonchev–Trinajstić information content (AvgIpc) is 2.19. The van der Waals surface area contributed by atoms with Gasteiger partial charge in [0.25, 0.3) is 0 Å². The van der Waals surface area contributed by atoms with Gasteiger partial charge in [-0.05, 0) is 18.2 Å². The predicted molar refractivity (Wildman–Crippen MR) is 56.0 cm³/mol. The van der Waals surface area contributed by atoms with Crippen LogP contribution >= 0.6 is 15.9 Å². The van der Waals surface area contributed by atoms with Gasteiger partial charge in [-0.25, -0.2) is 0 Å². The Morgan fingerprint density at radius 1 is 1.67 bits per heavy atom. The summed E-state index contributed by atoms with van der Waals surface area (Å²) in [5.74, 6) is -0.148. The summed E-state index contributed by atoms with van der Waals surface area (Å²) in [6.45, 7) is 1.28. The van der Waals surface area contributed by atoms with Gasteiger partial charge in [0.1, 0.15) is 5.75 Å². The highest BCUT2D eigenvalue weighted by molar-refractivity contribution is 9.10. The molecule has 1 unspecified atom stereocenters. The van der Waals surface area contributed by atoms with Crippen LogP contribution in [0.5, 0.6) is 5.75 Å². The third-order valence-corrected chi connectivity index (χ3v) is 2.37. The minimum Gasteiger partial charge on any atom is -0.427 e. The lowest BCUT2D eigenvalue weighted by Crippen LogP contribution is -2.03. The molecule has 0 radical (unpaired) electrons. The summed E-state index contributed by atoms with van der Waals surface area (Å²) in [6.07, 6.45) is -1.24. The van der Waals surface area contributed by atoms with Gasteiger partial charge in [-0.3, -0.25) is 4.79 Å². The second-order valence-electron chi connectivity index (χ2n) is 2.81. The molecule has 1 aromatic carbocycles. The maximum atomic E-state index is 10.7. The van der Waals surface area contributed by atoms with E-state index in [4.69, 9.17) is 10.00 Å². The van der Waals surface area contributed by atoms with Gasteiger partial charge >= 0.3 is 5.97 Å². The average molecular weight is 270 g/mol. The SMILES string of the molecule is CC(=O)Oc1ccc(Br)c(C(O)C#N)c1. The molecule has 1 N–H and O–H groups in total. The van der Waals surface area contributed by atoms with Crippen LogP contribution in [0.15, 0.2) is 22.7 Å². The summed E-state index contributed by atoms with van der Waals surface area (Å²) in [6, 6.07) is 6.31. The van der Waals surface area contributed by atoms with E-state index in [1.165, 1.54) is 13.0 Å². The first-order valence-electron chi connectivity index (χ1n) is 4.10. The van der Waals surface area contributed by atoms with Crippen LogP contribution in [0, 0.1) is 11.3 Å². The largest absolute Gasteiger partial charge is 0.427 e. The van der Waals surface area contributed by atoms with E-state index >= 15 is 0 Å². The highest BCUT2D eigenvalue weighted by Crippen LogP contribution is 2.27. The number of aliphatic hydroxyl groups excluding tert-OH is 1. The van der Waals surface area contributed by atoms with Crippen LogP contribution in [0.25, 0.3) is 0 Å². The van der Waals surface area contributed by atoms with E-state index in [0.29, 0.717) is 15.8 Å². The lowest BCUT2D eigenvalue weighted by molar-refractivity contribution is -0.131. The van der Waals surface area contributed by atoms with Gasteiger partial charge < -0.3 is 9.84 Å². The van der Waals surface area contributed by atoms with E-state index < -0.39 is 12.1 Å². The molecule has 15 heavy (non-hydrogen) atoms. The van der Waals surface area contributed by atoms with E-state index in [0.717, 1.165) is 0 Å². The van der Waals surface area contributed by atoms with Crippen molar-refractivity contribution in [3.8, 4) is 11.8 Å². The molecular weight excluding hydrogens is 262 g/mol. The summed E-state index contributed by atoms with van der Waals surface area (Å²) in [7, 11) is 0. The third-order valence-electron chi connectivity index (χ3n) is 1.65. The highest BCUT2D eigenvalue weighted by atomic mass is 79.9. The predicted octanol–water partition coefficient (Wildman–Crippen LogP) is 1.93. The summed E-state index contributed by atoms with van der Waals surface area (Å²) < 4.78 is 5.41. The van der Waals surface area contributed by atoms with Crippen LogP contribution < -0.4 is 4.74 Å². The highest BCUT2D eigenvalue weighted by Gasteiger charge is 2.11. The number of esters is 1. The van der Waals surface area contributed by atoms with Gasteiger partial charge in [0.15, 0.2) is 6.10 Å². The Balaban J connectivity index is 3.06. The lowest BCUT2D eigenvalue weighted by atomic mass is 10.1. The van der Waals surface area contributed by atoms with Gasteiger partial charge in [-0.2, -0.15) is 5.26 Å². The fourth-order valence-electron chi connectivity index (χ4n) is 1.03. The molecule has 0 aliphatic heterocycles. The summed E-state index contributed by atoms with van der Waals surface area (Å²) in [5.41, 5.74) is 0.372. The summed E-state index contributed by atoms with van der Waals surface area (Å²) in [4.78, 5) is 10.7. The minimum absolute atomic E-state index is 0.301. The normalized spacial score (nSPS) is 11.6. The van der Waals surface area contributed by atoms with Crippen molar-refractivity contribution in [1.82, 2.24) is 0 Å². The molecule has 0 saturated carbocycles. The molecule has 1 rings (SSSR count). The van der Waals surface area contributed by atoms with Crippen molar-refractivity contribution in [2.45, 2.75) is 13.0 Å². The van der Waals surface area contributed by atoms with Crippen molar-refractivity contribution in [3.05, 3.63) is 28.2 Å². The van der Waals surface area contributed by atoms with E-state index in [-0.39, 0.29) is 0 Å². The second kappa shape index (κ2) is 4.91. The number of benzene rings is 1. The zero-order chi connectivity index (χ0) is 11.4. The molecule has 0 aliphatic carbocycles. The van der Waals surface area contributed by atoms with Crippen molar-refractivity contribution in [2.75, 3.05) is 0 Å². The molecule has 0 aliphatic rings. The molecule has 0 fully saturated rings. The Morgan fingerprint density at radius 2 is 2.33 bits per heavy atom. The van der Waals surface area contributed by atoms with Crippen molar-refractivity contribution < 1.29 is 14.6 Å². The molecule has 0 heterocycles. The number of aliphatic hydroxyl groups is 1. The first-order valence-corrected chi connectivity index (χ1v) is 4.89. The van der Waals surface area contributed by atoms with E-state index in [2.05, 4.69) is 15.9 Å². The summed E-state index contributed by atoms with van der Waals surface area (Å²) in [5, 5.41) is 17.9. The third kappa shape index (κ3) is 3.05. The number of carbonyl (C=O) groups excluding carboxylic acids is 1. The topological polar surface area (TPSA) is 70.3 Å². The molecule has 4 nitrogen and oxygen atoms in total. The van der Waals surface area contributed by atoms with Crippen molar-refractivity contribution in [3.63, 3.8) is 0 Å². The van der Waals surface area contributed by atoms with Crippen LogP contribution in [0.3, 0.4) is 0 Å². The maximum Gasteiger partial charge on any atom is 0.308 e. The number of hydrogen-bond donors (Lipinski definition) is 1. The summed E-state index contributed by atoms with van der Waals surface area (Å²) >= 11 is 3.19. The van der Waals surface area contributed by atoms with Gasteiger partial charge in [0.05, 0.1) is 6.07 Å². The van der Waals surface area contributed by atoms with Crippen molar-refractivity contribution >= 4 is 21.9 Å². The zero-order valence-corrected chi connectivity index (χ0v) is 9.48. The standard InChI is InChI=1S/C10H8BrNO3/c1-6(13)15-7-2-3-9(11)8(4-7)10(14)5-12/h2-4,10,14H,1H3. The van der Waals surface area contributed by atoms with Gasteiger partial charge in [0.2, 0.25) is 0 Å². The van der Waals surface area contributed by atoms with Crippen LogP contribution in [0.4, 0.5) is 0 Å². The number of halogens is 1. The van der Waals surface area contributed by atoms with Crippen LogP contribution in [0.1, 0.15) is 18.6 Å². The molecule has 5 heteroatoms. The zero-order valence-electron chi connectivity index (χ0n) is 7.90. The van der Waals surface area contributed by atoms with Gasteiger partial charge in [0, 0.05) is 17.0 Å². The number of carbonyl (C=O) groups is 1. The Hall–Kier alpha value is -1.38. The smallest absolute Gasteiger partial charge is 0.308 e. The number of ether oxygens (including phenoxy) is 1. The Bertz CT molecular complexity index is 425. The molecule has 0 spiro atoms. The number of hydrogen-bond acceptors (Lipinski definition) is 4. The Labute approximate surface area is 95.2 Å². The Morgan fingerprint density at radius 3 is 2.87 bits per heavy atom. The first kappa shape index (κ1) is 11.7. The van der Waals surface area contributed by atoms with Crippen LogP contribution in [0.2, 0.25) is 0 Å². The van der Waals surface area contributed by atoms with Crippen LogP contribution in [-0.4, -0.2) is 11.1 Å². The molecule has 0 aromatic heterocycles. The molecule has 78 valence electrons. The maximum absolute atomic E-state index is 10.7. The van der Waals surface area contributed by atoms with E-state index in [1.54, 1.807) is 18.2 Å². The molecule has 0 bridgehead atoms. The van der Waals surface area contributed by atoms with Crippen molar-refractivity contribution in [1.29, 1.82) is 5.26 Å².